The topological polar surface area (TPSA) is 97.4 Å². The number of hydrogen-bond acceptors (Lipinski definition) is 5. The normalized spacial score (nSPS) is 16.1. The van der Waals surface area contributed by atoms with Crippen LogP contribution in [0.5, 0.6) is 0 Å². The van der Waals surface area contributed by atoms with Gasteiger partial charge in [0.15, 0.2) is 5.65 Å². The van der Waals surface area contributed by atoms with Gasteiger partial charge in [-0.2, -0.15) is 4.98 Å². The Labute approximate surface area is 190 Å². The zero-order chi connectivity index (χ0) is 22.5. The largest absolute Gasteiger partial charge is 0.339 e. The molecule has 1 aliphatic carbocycles. The van der Waals surface area contributed by atoms with Crippen molar-refractivity contribution in [2.24, 2.45) is 5.92 Å². The molecule has 0 aromatic carbocycles. The summed E-state index contributed by atoms with van der Waals surface area (Å²) in [7, 11) is 0. The highest BCUT2D eigenvalue weighted by Crippen LogP contribution is 2.30. The summed E-state index contributed by atoms with van der Waals surface area (Å²) >= 11 is 0. The molecule has 6 rings (SSSR count). The monoisotopic (exact) mass is 443 g/mol. The number of carbonyl (C=O) groups excluding carboxylic acids is 2. The third-order valence-electron chi connectivity index (χ3n) is 6.53. The number of aromatic nitrogens is 5. The van der Waals surface area contributed by atoms with E-state index in [2.05, 4.69) is 22.3 Å². The van der Waals surface area contributed by atoms with E-state index in [0.29, 0.717) is 17.2 Å². The van der Waals surface area contributed by atoms with Gasteiger partial charge in [-0.3, -0.25) is 14.9 Å². The molecule has 4 aromatic rings. The number of pyridine rings is 2. The van der Waals surface area contributed by atoms with Gasteiger partial charge in [0, 0.05) is 55.1 Å². The van der Waals surface area contributed by atoms with Gasteiger partial charge in [0.05, 0.1) is 5.56 Å². The number of carbonyl (C=O) groups is 2. The fraction of sp³-hybridized carbons (Fsp3) is 0.375. The molecule has 2 fully saturated rings. The number of hydrogen-bond donors (Lipinski definition) is 1. The Morgan fingerprint density at radius 3 is 2.73 bits per heavy atom. The predicted octanol–water partition coefficient (Wildman–Crippen LogP) is 3.35. The van der Waals surface area contributed by atoms with E-state index in [1.165, 1.54) is 0 Å². The predicted molar refractivity (Wildman–Crippen MR) is 124 cm³/mol. The SMILES string of the molecule is CCn1cc(C(=O)N2CCCC2)c2cc(-c3ccn4nc(NC(=O)C5CC5)nc4c3)cnc21. The second-order valence-electron chi connectivity index (χ2n) is 8.84. The number of aryl methyl sites for hydroxylation is 1. The van der Waals surface area contributed by atoms with E-state index in [0.717, 1.165) is 67.5 Å². The molecule has 168 valence electrons. The Kier molecular flexibility index (Phi) is 4.63. The molecule has 2 amide bonds. The van der Waals surface area contributed by atoms with Gasteiger partial charge >= 0.3 is 0 Å². The maximum absolute atomic E-state index is 13.2. The fourth-order valence-corrected chi connectivity index (χ4v) is 4.50. The van der Waals surface area contributed by atoms with Crippen molar-refractivity contribution < 1.29 is 9.59 Å². The zero-order valence-electron chi connectivity index (χ0n) is 18.5. The van der Waals surface area contributed by atoms with Crippen LogP contribution in [-0.4, -0.2) is 54.0 Å². The molecular formula is C24H25N7O2. The van der Waals surface area contributed by atoms with Crippen molar-refractivity contribution in [3.05, 3.63) is 42.4 Å². The number of anilines is 1. The van der Waals surface area contributed by atoms with Crippen LogP contribution in [0.15, 0.2) is 36.8 Å². The van der Waals surface area contributed by atoms with Crippen LogP contribution in [0.4, 0.5) is 5.95 Å². The van der Waals surface area contributed by atoms with Crippen molar-refractivity contribution in [2.75, 3.05) is 18.4 Å². The molecule has 0 atom stereocenters. The van der Waals surface area contributed by atoms with E-state index in [1.807, 2.05) is 46.3 Å². The number of fused-ring (bicyclic) bond motifs is 2. The molecule has 1 aliphatic heterocycles. The van der Waals surface area contributed by atoms with Crippen molar-refractivity contribution in [1.29, 1.82) is 0 Å². The minimum absolute atomic E-state index is 0.0172. The van der Waals surface area contributed by atoms with Crippen LogP contribution < -0.4 is 5.32 Å². The maximum Gasteiger partial charge on any atom is 0.256 e. The van der Waals surface area contributed by atoms with Gasteiger partial charge in [-0.15, -0.1) is 5.10 Å². The number of amides is 2. The first-order valence-electron chi connectivity index (χ1n) is 11.6. The van der Waals surface area contributed by atoms with E-state index in [1.54, 1.807) is 4.52 Å². The van der Waals surface area contributed by atoms with Crippen molar-refractivity contribution in [2.45, 2.75) is 39.2 Å². The molecule has 0 spiro atoms. The quantitative estimate of drug-likeness (QED) is 0.510. The highest BCUT2D eigenvalue weighted by molar-refractivity contribution is 6.07. The van der Waals surface area contributed by atoms with Crippen LogP contribution in [0.3, 0.4) is 0 Å². The van der Waals surface area contributed by atoms with Crippen molar-refractivity contribution in [3.63, 3.8) is 0 Å². The van der Waals surface area contributed by atoms with Crippen LogP contribution in [0.25, 0.3) is 27.8 Å². The Balaban J connectivity index is 1.37. The molecule has 9 nitrogen and oxygen atoms in total. The second kappa shape index (κ2) is 7.68. The molecular weight excluding hydrogens is 418 g/mol. The summed E-state index contributed by atoms with van der Waals surface area (Å²) in [5, 5.41) is 8.01. The highest BCUT2D eigenvalue weighted by atomic mass is 16.2. The van der Waals surface area contributed by atoms with Gasteiger partial charge in [-0.25, -0.2) is 9.50 Å². The van der Waals surface area contributed by atoms with E-state index < -0.39 is 0 Å². The minimum Gasteiger partial charge on any atom is -0.339 e. The average Bonchev–Trinajstić information content (AvgIpc) is 3.23. The lowest BCUT2D eigenvalue weighted by atomic mass is 10.1. The number of nitrogens with one attached hydrogen (secondary N) is 1. The maximum atomic E-state index is 13.2. The summed E-state index contributed by atoms with van der Waals surface area (Å²) in [5.41, 5.74) is 3.99. The molecule has 2 aliphatic rings. The van der Waals surface area contributed by atoms with Crippen LogP contribution in [0.2, 0.25) is 0 Å². The van der Waals surface area contributed by atoms with Crippen LogP contribution in [-0.2, 0) is 11.3 Å². The first kappa shape index (κ1) is 19.9. The van der Waals surface area contributed by atoms with Gasteiger partial charge in [0.2, 0.25) is 11.9 Å². The number of nitrogens with zero attached hydrogens (tertiary/aromatic N) is 6. The fourth-order valence-electron chi connectivity index (χ4n) is 4.50. The first-order chi connectivity index (χ1) is 16.1. The van der Waals surface area contributed by atoms with Gasteiger partial charge < -0.3 is 9.47 Å². The molecule has 0 radical (unpaired) electrons. The summed E-state index contributed by atoms with van der Waals surface area (Å²) in [6.07, 6.45) is 9.56. The summed E-state index contributed by atoms with van der Waals surface area (Å²) in [6, 6.07) is 5.90. The number of rotatable bonds is 5. The summed E-state index contributed by atoms with van der Waals surface area (Å²) < 4.78 is 3.67. The molecule has 9 heteroatoms. The van der Waals surface area contributed by atoms with E-state index in [4.69, 9.17) is 4.98 Å². The first-order valence-corrected chi connectivity index (χ1v) is 11.6. The molecule has 1 saturated heterocycles. The lowest BCUT2D eigenvalue weighted by Crippen LogP contribution is -2.27. The smallest absolute Gasteiger partial charge is 0.256 e. The second-order valence-corrected chi connectivity index (χ2v) is 8.84. The standard InChI is InChI=1S/C24H25N7O2/c1-2-29-14-19(23(33)30-8-3-4-9-30)18-11-17(13-25-21(18)29)16-7-10-31-20(12-16)26-24(28-31)27-22(32)15-5-6-15/h7,10-15H,2-6,8-9H2,1H3,(H,27,28,32). The van der Waals surface area contributed by atoms with Gasteiger partial charge in [0.1, 0.15) is 5.65 Å². The highest BCUT2D eigenvalue weighted by Gasteiger charge is 2.30. The summed E-state index contributed by atoms with van der Waals surface area (Å²) in [4.78, 5) is 36.3. The van der Waals surface area contributed by atoms with Gasteiger partial charge in [-0.1, -0.05) is 0 Å². The van der Waals surface area contributed by atoms with Gasteiger partial charge in [-0.05, 0) is 56.4 Å². The third-order valence-corrected chi connectivity index (χ3v) is 6.53. The minimum atomic E-state index is -0.0172. The van der Waals surface area contributed by atoms with Crippen molar-refractivity contribution in [1.82, 2.24) is 29.0 Å². The van der Waals surface area contributed by atoms with E-state index in [9.17, 15) is 9.59 Å². The van der Waals surface area contributed by atoms with Crippen LogP contribution >= 0.6 is 0 Å². The number of likely N-dealkylation sites (tertiary alicyclic amines) is 1. The molecule has 1 N–H and O–H groups in total. The Morgan fingerprint density at radius 1 is 1.15 bits per heavy atom. The zero-order valence-corrected chi connectivity index (χ0v) is 18.5. The van der Waals surface area contributed by atoms with Crippen molar-refractivity contribution in [3.8, 4) is 11.1 Å². The Bertz CT molecular complexity index is 1390. The lowest BCUT2D eigenvalue weighted by molar-refractivity contribution is -0.117. The summed E-state index contributed by atoms with van der Waals surface area (Å²) in [6.45, 7) is 4.43. The molecule has 1 saturated carbocycles. The molecule has 0 unspecified atom stereocenters. The van der Waals surface area contributed by atoms with Crippen LogP contribution in [0, 0.1) is 5.92 Å². The molecule has 4 aromatic heterocycles. The van der Waals surface area contributed by atoms with Crippen molar-refractivity contribution >= 4 is 34.4 Å². The third kappa shape index (κ3) is 3.53. The molecule has 5 heterocycles. The molecule has 33 heavy (non-hydrogen) atoms. The average molecular weight is 444 g/mol. The van der Waals surface area contributed by atoms with Gasteiger partial charge in [0.25, 0.3) is 5.91 Å². The Hall–Kier alpha value is -3.75. The van der Waals surface area contributed by atoms with E-state index in [-0.39, 0.29) is 17.7 Å². The Morgan fingerprint density at radius 2 is 1.97 bits per heavy atom. The lowest BCUT2D eigenvalue weighted by Gasteiger charge is -2.14. The van der Waals surface area contributed by atoms with Crippen LogP contribution in [0.1, 0.15) is 43.0 Å². The van der Waals surface area contributed by atoms with E-state index >= 15 is 0 Å². The summed E-state index contributed by atoms with van der Waals surface area (Å²) in [5.74, 6) is 0.470. The molecule has 0 bridgehead atoms.